The van der Waals surface area contributed by atoms with Crippen LogP contribution in [0.15, 0.2) is 36.5 Å². The molecule has 8 rings (SSSR count). The maximum absolute atomic E-state index is 14.8. The Labute approximate surface area is 220 Å². The molecule has 9 heteroatoms. The van der Waals surface area contributed by atoms with Gasteiger partial charge in [0.1, 0.15) is 24.0 Å². The lowest BCUT2D eigenvalue weighted by Crippen LogP contribution is -2.67. The number of piperidine rings is 1. The number of nitrogens with one attached hydrogen (secondary N) is 1. The van der Waals surface area contributed by atoms with Gasteiger partial charge in [-0.25, -0.2) is 4.39 Å². The monoisotopic (exact) mass is 512 g/mol. The van der Waals surface area contributed by atoms with Crippen molar-refractivity contribution in [1.29, 1.82) is 0 Å². The molecule has 0 aliphatic carbocycles. The zero-order valence-electron chi connectivity index (χ0n) is 21.2. The molecule has 4 aliphatic heterocycles. The van der Waals surface area contributed by atoms with Crippen molar-refractivity contribution >= 4 is 22.2 Å². The second-order valence-electron chi connectivity index (χ2n) is 10.7. The molecule has 4 fully saturated rings. The number of hydrogen-bond donors (Lipinski definition) is 2. The molecule has 0 amide bonds. The van der Waals surface area contributed by atoms with Crippen LogP contribution in [0.5, 0.6) is 11.6 Å². The van der Waals surface area contributed by atoms with E-state index in [1.54, 1.807) is 24.4 Å². The summed E-state index contributed by atoms with van der Waals surface area (Å²) >= 11 is 0. The molecule has 4 saturated heterocycles. The number of halogens is 1. The number of aromatic hydroxyl groups is 1. The molecular formula is C29H29FN6O2. The van der Waals surface area contributed by atoms with Crippen molar-refractivity contribution in [2.75, 3.05) is 38.2 Å². The molecule has 2 aromatic heterocycles. The molecular weight excluding hydrogens is 483 g/mol. The van der Waals surface area contributed by atoms with E-state index in [2.05, 4.69) is 28.1 Å². The van der Waals surface area contributed by atoms with Crippen molar-refractivity contribution in [2.24, 2.45) is 0 Å². The number of anilines is 1. The number of nitrogens with zero attached hydrogens (tertiary/aromatic N) is 5. The average molecular weight is 513 g/mol. The Hall–Kier alpha value is -3.87. The van der Waals surface area contributed by atoms with Gasteiger partial charge in [0.05, 0.1) is 11.8 Å². The zero-order valence-corrected chi connectivity index (χ0v) is 21.2. The molecule has 0 saturated carbocycles. The van der Waals surface area contributed by atoms with Crippen LogP contribution in [-0.4, -0.2) is 76.0 Å². The van der Waals surface area contributed by atoms with Crippen molar-refractivity contribution in [2.45, 2.75) is 37.4 Å². The summed E-state index contributed by atoms with van der Waals surface area (Å²) in [5.74, 6) is 3.50. The van der Waals surface area contributed by atoms with Crippen LogP contribution in [0.2, 0.25) is 0 Å². The number of phenolic OH excluding ortho intramolecular Hbond substituents is 1. The first-order valence-electron chi connectivity index (χ1n) is 13.1. The maximum Gasteiger partial charge on any atom is 0.219 e. The van der Waals surface area contributed by atoms with Crippen molar-refractivity contribution in [3.8, 4) is 35.1 Å². The minimum atomic E-state index is -0.484. The van der Waals surface area contributed by atoms with Gasteiger partial charge in [0.25, 0.3) is 0 Å². The molecule has 0 radical (unpaired) electrons. The van der Waals surface area contributed by atoms with Crippen molar-refractivity contribution in [3.63, 3.8) is 0 Å². The molecule has 194 valence electrons. The summed E-state index contributed by atoms with van der Waals surface area (Å²) < 4.78 is 22.9. The fourth-order valence-electron chi connectivity index (χ4n) is 6.26. The summed E-state index contributed by atoms with van der Waals surface area (Å²) in [6.07, 6.45) is 10.9. The van der Waals surface area contributed by atoms with Gasteiger partial charge in [-0.15, -0.1) is 6.42 Å². The molecule has 8 nitrogen and oxygen atoms in total. The average Bonchev–Trinajstić information content (AvgIpc) is 3.52. The molecule has 2 bridgehead atoms. The molecule has 3 unspecified atom stereocenters. The third-order valence-corrected chi connectivity index (χ3v) is 8.26. The lowest BCUT2D eigenvalue weighted by atomic mass is 9.91. The van der Waals surface area contributed by atoms with Crippen LogP contribution >= 0.6 is 0 Å². The number of benzene rings is 2. The van der Waals surface area contributed by atoms with E-state index in [1.165, 1.54) is 12.5 Å². The minimum absolute atomic E-state index is 0.0560. The van der Waals surface area contributed by atoms with Crippen LogP contribution < -0.4 is 15.0 Å². The van der Waals surface area contributed by atoms with E-state index in [-0.39, 0.29) is 11.3 Å². The van der Waals surface area contributed by atoms with Gasteiger partial charge in [-0.1, -0.05) is 12.0 Å². The number of hydrogen-bond acceptors (Lipinski definition) is 7. The molecule has 4 aliphatic rings. The number of terminal acetylenes is 1. The number of likely N-dealkylation sites (tertiary alicyclic amines) is 1. The van der Waals surface area contributed by atoms with E-state index in [9.17, 15) is 9.50 Å². The Morgan fingerprint density at radius 2 is 2.03 bits per heavy atom. The standard InChI is InChI=1S/C29H29FN6O2/c1-3-22-25(30)7-6-17-9-21(37)11-23(28(17)22)24-13-31-36-27(35-14-18-10-19(15-35)32-18)12-26(33-29(24)36)38-16-20-5-4-8-34(20)2/h1,6-7,9,11-13,18-20,32,37H,4-5,8,10,14-16H2,2H3. The van der Waals surface area contributed by atoms with Crippen LogP contribution in [0.25, 0.3) is 27.5 Å². The molecule has 4 aromatic rings. The minimum Gasteiger partial charge on any atom is -0.508 e. The highest BCUT2D eigenvalue weighted by atomic mass is 19.1. The number of likely N-dealkylation sites (N-methyl/N-ethyl adjacent to an activating group) is 1. The summed E-state index contributed by atoms with van der Waals surface area (Å²) in [6, 6.07) is 9.37. The van der Waals surface area contributed by atoms with E-state index in [4.69, 9.17) is 21.2 Å². The highest BCUT2D eigenvalue weighted by molar-refractivity contribution is 6.04. The normalized spacial score (nSPS) is 23.1. The van der Waals surface area contributed by atoms with Crippen LogP contribution in [0, 0.1) is 18.2 Å². The summed E-state index contributed by atoms with van der Waals surface area (Å²) in [7, 11) is 2.13. The Morgan fingerprint density at radius 3 is 2.76 bits per heavy atom. The summed E-state index contributed by atoms with van der Waals surface area (Å²) in [5, 5.41) is 20.0. The fraction of sp³-hybridized carbons (Fsp3) is 0.379. The Balaban J connectivity index is 1.39. The molecule has 2 N–H and O–H groups in total. The Kier molecular flexibility index (Phi) is 5.42. The van der Waals surface area contributed by atoms with Crippen LogP contribution in [0.4, 0.5) is 10.2 Å². The highest BCUT2D eigenvalue weighted by Gasteiger charge is 2.37. The molecule has 2 aromatic carbocycles. The fourth-order valence-corrected chi connectivity index (χ4v) is 6.26. The smallest absolute Gasteiger partial charge is 0.219 e. The van der Waals surface area contributed by atoms with Crippen LogP contribution in [0.3, 0.4) is 0 Å². The van der Waals surface area contributed by atoms with Gasteiger partial charge < -0.3 is 25.0 Å². The van der Waals surface area contributed by atoms with E-state index < -0.39 is 5.82 Å². The summed E-state index contributed by atoms with van der Waals surface area (Å²) in [5.41, 5.74) is 1.95. The SMILES string of the molecule is C#Cc1c(F)ccc2cc(O)cc(-c3cnn4c(N5CC6CC(C5)N6)cc(OCC5CCCN5C)nc34)c12. The van der Waals surface area contributed by atoms with Crippen LogP contribution in [0.1, 0.15) is 24.8 Å². The molecule has 38 heavy (non-hydrogen) atoms. The Morgan fingerprint density at radius 1 is 1.21 bits per heavy atom. The number of aromatic nitrogens is 3. The first-order chi connectivity index (χ1) is 18.5. The molecule has 6 heterocycles. The zero-order chi connectivity index (χ0) is 26.0. The van der Waals surface area contributed by atoms with E-state index in [0.717, 1.165) is 38.3 Å². The van der Waals surface area contributed by atoms with Crippen molar-refractivity contribution in [1.82, 2.24) is 24.8 Å². The lowest BCUT2D eigenvalue weighted by molar-refractivity contribution is 0.193. The highest BCUT2D eigenvalue weighted by Crippen LogP contribution is 2.39. The summed E-state index contributed by atoms with van der Waals surface area (Å²) in [6.45, 7) is 3.37. The first-order valence-corrected chi connectivity index (χ1v) is 13.1. The van der Waals surface area contributed by atoms with Gasteiger partial charge in [0.2, 0.25) is 5.88 Å². The van der Waals surface area contributed by atoms with Crippen molar-refractivity contribution in [3.05, 3.63) is 47.9 Å². The summed E-state index contributed by atoms with van der Waals surface area (Å²) in [4.78, 5) is 9.53. The number of piperazine rings is 1. The van der Waals surface area contributed by atoms with Gasteiger partial charge in [0.15, 0.2) is 5.65 Å². The van der Waals surface area contributed by atoms with E-state index >= 15 is 0 Å². The second-order valence-corrected chi connectivity index (χ2v) is 10.7. The number of fused-ring (bicyclic) bond motifs is 4. The van der Waals surface area contributed by atoms with Gasteiger partial charge in [-0.2, -0.15) is 14.6 Å². The third-order valence-electron chi connectivity index (χ3n) is 8.26. The van der Waals surface area contributed by atoms with E-state index in [1.807, 2.05) is 10.6 Å². The van der Waals surface area contributed by atoms with Crippen molar-refractivity contribution < 1.29 is 14.2 Å². The lowest BCUT2D eigenvalue weighted by Gasteiger charge is -2.49. The van der Waals surface area contributed by atoms with Crippen LogP contribution in [-0.2, 0) is 0 Å². The third kappa shape index (κ3) is 3.75. The number of ether oxygens (including phenoxy) is 1. The maximum atomic E-state index is 14.8. The topological polar surface area (TPSA) is 78.2 Å². The van der Waals surface area contributed by atoms with Gasteiger partial charge in [0, 0.05) is 48.2 Å². The number of phenols is 1. The first kappa shape index (κ1) is 23.3. The molecule has 3 atom stereocenters. The quantitative estimate of drug-likeness (QED) is 0.397. The van der Waals surface area contributed by atoms with Gasteiger partial charge in [-0.05, 0) is 62.0 Å². The van der Waals surface area contributed by atoms with Gasteiger partial charge >= 0.3 is 0 Å². The predicted molar refractivity (Wildman–Crippen MR) is 144 cm³/mol. The second kappa shape index (κ2) is 8.86. The molecule has 0 spiro atoms. The predicted octanol–water partition coefficient (Wildman–Crippen LogP) is 3.40. The largest absolute Gasteiger partial charge is 0.508 e. The van der Waals surface area contributed by atoms with E-state index in [0.29, 0.717) is 58.2 Å². The Bertz CT molecular complexity index is 1590. The van der Waals surface area contributed by atoms with Gasteiger partial charge in [-0.3, -0.25) is 0 Å². The number of rotatable bonds is 5.